The Morgan fingerprint density at radius 1 is 0.816 bits per heavy atom. The number of fused-ring (bicyclic) bond motifs is 1. The maximum Gasteiger partial charge on any atom is 0.256 e. The van der Waals surface area contributed by atoms with Gasteiger partial charge < -0.3 is 28.7 Å². The molecule has 0 saturated carbocycles. The molecule has 0 radical (unpaired) electrons. The van der Waals surface area contributed by atoms with Gasteiger partial charge in [0.2, 0.25) is 12.7 Å². The summed E-state index contributed by atoms with van der Waals surface area (Å²) in [5.74, 6) is 0.713. The van der Waals surface area contributed by atoms with E-state index in [1.54, 1.807) is 45.0 Å². The van der Waals surface area contributed by atoms with Gasteiger partial charge in [-0.2, -0.15) is 0 Å². The highest BCUT2D eigenvalue weighted by molar-refractivity contribution is 5.99. The van der Waals surface area contributed by atoms with E-state index < -0.39 is 11.8 Å². The van der Waals surface area contributed by atoms with Gasteiger partial charge >= 0.3 is 0 Å². The maximum atomic E-state index is 13.9. The van der Waals surface area contributed by atoms with E-state index >= 15 is 0 Å². The first-order chi connectivity index (χ1) is 18.4. The molecule has 10 nitrogen and oxygen atoms in total. The van der Waals surface area contributed by atoms with Gasteiger partial charge in [0.15, 0.2) is 11.5 Å². The van der Waals surface area contributed by atoms with Crippen molar-refractivity contribution in [2.75, 3.05) is 52.8 Å². The third kappa shape index (κ3) is 4.37. The van der Waals surface area contributed by atoms with E-state index in [-0.39, 0.29) is 31.1 Å². The maximum absolute atomic E-state index is 13.9. The van der Waals surface area contributed by atoms with Crippen LogP contribution in [0.4, 0.5) is 0 Å². The highest BCUT2D eigenvalue weighted by atomic mass is 16.7. The number of ether oxygens (including phenoxy) is 4. The van der Waals surface area contributed by atoms with E-state index in [9.17, 15) is 14.4 Å². The monoisotopic (exact) mass is 521 g/mol. The second-order valence-electron chi connectivity index (χ2n) is 10.1. The highest BCUT2D eigenvalue weighted by Gasteiger charge is 2.55. The van der Waals surface area contributed by atoms with Crippen molar-refractivity contribution in [2.24, 2.45) is 0 Å². The number of carbonyl (C=O) groups is 3. The fourth-order valence-corrected chi connectivity index (χ4v) is 5.66. The number of morpholine rings is 1. The molecule has 4 aliphatic rings. The first-order valence-electron chi connectivity index (χ1n) is 13.0. The summed E-state index contributed by atoms with van der Waals surface area (Å²) < 4.78 is 22.5. The molecular weight excluding hydrogens is 490 g/mol. The minimum absolute atomic E-state index is 0.117. The van der Waals surface area contributed by atoms with Crippen LogP contribution in [-0.2, 0) is 14.3 Å². The standard InChI is InChI=1S/C28H31N3O7/c1-19-2-4-20(5-3-19)26(33)31-22(27(34)30-12-14-35-15-13-30)17-38-28(31)8-10-29(11-9-28)25(32)21-6-7-23-24(16-21)37-18-36-23/h2-7,16,22H,8-15,17-18H2,1H3. The first-order valence-corrected chi connectivity index (χ1v) is 13.0. The van der Waals surface area contributed by atoms with Gasteiger partial charge in [0.25, 0.3) is 11.8 Å². The molecule has 3 fully saturated rings. The van der Waals surface area contributed by atoms with Gasteiger partial charge in [-0.05, 0) is 37.3 Å². The van der Waals surface area contributed by atoms with Gasteiger partial charge in [0.05, 0.1) is 19.8 Å². The van der Waals surface area contributed by atoms with Crippen LogP contribution in [0.25, 0.3) is 0 Å². The van der Waals surface area contributed by atoms with Crippen molar-refractivity contribution in [1.29, 1.82) is 0 Å². The molecule has 4 aliphatic heterocycles. The zero-order chi connectivity index (χ0) is 26.3. The molecule has 3 amide bonds. The molecule has 1 spiro atoms. The molecule has 6 rings (SSSR count). The molecule has 38 heavy (non-hydrogen) atoms. The predicted octanol–water partition coefficient (Wildman–Crippen LogP) is 2.06. The van der Waals surface area contributed by atoms with Crippen molar-refractivity contribution < 1.29 is 33.3 Å². The molecule has 2 aromatic rings. The molecule has 1 atom stereocenters. The SMILES string of the molecule is Cc1ccc(C(=O)N2C(C(=O)N3CCOCC3)COC23CCN(C(=O)c2ccc4c(c2)OCO4)CC3)cc1. The van der Waals surface area contributed by atoms with E-state index in [1.165, 1.54) is 0 Å². The Balaban J connectivity index is 1.23. The second-order valence-corrected chi connectivity index (χ2v) is 10.1. The van der Waals surface area contributed by atoms with Gasteiger partial charge in [0, 0.05) is 50.1 Å². The predicted molar refractivity (Wildman–Crippen MR) is 135 cm³/mol. The average Bonchev–Trinajstić information content (AvgIpc) is 3.58. The second kappa shape index (κ2) is 9.92. The van der Waals surface area contributed by atoms with Crippen LogP contribution < -0.4 is 9.47 Å². The number of piperidine rings is 1. The summed E-state index contributed by atoms with van der Waals surface area (Å²) in [6.45, 7) is 4.97. The van der Waals surface area contributed by atoms with Gasteiger partial charge in [-0.3, -0.25) is 19.3 Å². The number of rotatable bonds is 3. The van der Waals surface area contributed by atoms with Crippen LogP contribution >= 0.6 is 0 Å². The Kier molecular flexibility index (Phi) is 6.45. The highest BCUT2D eigenvalue weighted by Crippen LogP contribution is 2.40. The lowest BCUT2D eigenvalue weighted by Gasteiger charge is -2.45. The number of carbonyl (C=O) groups excluding carboxylic acids is 3. The molecule has 3 saturated heterocycles. The normalized spacial score (nSPS) is 22.1. The molecular formula is C28H31N3O7. The molecule has 2 aromatic carbocycles. The van der Waals surface area contributed by atoms with E-state index in [2.05, 4.69) is 0 Å². The summed E-state index contributed by atoms with van der Waals surface area (Å²) >= 11 is 0. The molecule has 1 unspecified atom stereocenters. The molecule has 200 valence electrons. The number of aryl methyl sites for hydroxylation is 1. The van der Waals surface area contributed by atoms with Crippen molar-refractivity contribution >= 4 is 17.7 Å². The minimum Gasteiger partial charge on any atom is -0.454 e. The quantitative estimate of drug-likeness (QED) is 0.610. The zero-order valence-corrected chi connectivity index (χ0v) is 21.4. The lowest BCUT2D eigenvalue weighted by atomic mass is 9.95. The van der Waals surface area contributed by atoms with Crippen molar-refractivity contribution in [2.45, 2.75) is 31.5 Å². The summed E-state index contributed by atoms with van der Waals surface area (Å²) in [7, 11) is 0. The average molecular weight is 522 g/mol. The number of hydrogen-bond donors (Lipinski definition) is 0. The lowest BCUT2D eigenvalue weighted by molar-refractivity contribution is -0.141. The molecule has 0 aliphatic carbocycles. The molecule has 0 N–H and O–H groups in total. The molecule has 0 bridgehead atoms. The van der Waals surface area contributed by atoms with Gasteiger partial charge in [-0.1, -0.05) is 17.7 Å². The molecule has 10 heteroatoms. The minimum atomic E-state index is -0.958. The van der Waals surface area contributed by atoms with Crippen LogP contribution in [0.3, 0.4) is 0 Å². The largest absolute Gasteiger partial charge is 0.454 e. The molecule has 4 heterocycles. The van der Waals surface area contributed by atoms with E-state index in [1.807, 2.05) is 19.1 Å². The Morgan fingerprint density at radius 3 is 2.24 bits per heavy atom. The number of nitrogens with zero attached hydrogens (tertiary/aromatic N) is 3. The Morgan fingerprint density at radius 2 is 1.50 bits per heavy atom. The summed E-state index contributed by atoms with van der Waals surface area (Å²) in [5, 5.41) is 0. The Labute approximate surface area is 221 Å². The number of hydrogen-bond acceptors (Lipinski definition) is 7. The topological polar surface area (TPSA) is 97.9 Å². The Bertz CT molecular complexity index is 1230. The van der Waals surface area contributed by atoms with Crippen molar-refractivity contribution in [3.8, 4) is 11.5 Å². The lowest BCUT2D eigenvalue weighted by Crippen LogP contribution is -2.60. The van der Waals surface area contributed by atoms with Gasteiger partial charge in [0.1, 0.15) is 11.8 Å². The Hall–Kier alpha value is -3.63. The van der Waals surface area contributed by atoms with Crippen molar-refractivity contribution in [3.63, 3.8) is 0 Å². The van der Waals surface area contributed by atoms with Crippen LogP contribution in [-0.4, -0.2) is 97.0 Å². The van der Waals surface area contributed by atoms with Crippen LogP contribution in [0.2, 0.25) is 0 Å². The fourth-order valence-electron chi connectivity index (χ4n) is 5.66. The fraction of sp³-hybridized carbons (Fsp3) is 0.464. The third-order valence-electron chi connectivity index (χ3n) is 7.84. The smallest absolute Gasteiger partial charge is 0.256 e. The summed E-state index contributed by atoms with van der Waals surface area (Å²) in [6.07, 6.45) is 0.821. The van der Waals surface area contributed by atoms with Crippen LogP contribution in [0.1, 0.15) is 39.1 Å². The van der Waals surface area contributed by atoms with E-state index in [4.69, 9.17) is 18.9 Å². The summed E-state index contributed by atoms with van der Waals surface area (Å²) in [4.78, 5) is 46.0. The first kappa shape index (κ1) is 24.7. The van der Waals surface area contributed by atoms with Gasteiger partial charge in [-0.25, -0.2) is 0 Å². The molecule has 0 aromatic heterocycles. The van der Waals surface area contributed by atoms with Crippen molar-refractivity contribution in [3.05, 3.63) is 59.2 Å². The number of benzene rings is 2. The van der Waals surface area contributed by atoms with Crippen LogP contribution in [0.15, 0.2) is 42.5 Å². The number of likely N-dealkylation sites (tertiary alicyclic amines) is 1. The number of amides is 3. The van der Waals surface area contributed by atoms with E-state index in [0.717, 1.165) is 5.56 Å². The summed E-state index contributed by atoms with van der Waals surface area (Å²) in [6, 6.07) is 11.8. The van der Waals surface area contributed by atoms with Crippen LogP contribution in [0, 0.1) is 6.92 Å². The zero-order valence-electron chi connectivity index (χ0n) is 21.4. The van der Waals surface area contributed by atoms with Crippen LogP contribution in [0.5, 0.6) is 11.5 Å². The summed E-state index contributed by atoms with van der Waals surface area (Å²) in [5.41, 5.74) is 1.12. The third-order valence-corrected chi connectivity index (χ3v) is 7.84. The van der Waals surface area contributed by atoms with Gasteiger partial charge in [-0.15, -0.1) is 0 Å². The van der Waals surface area contributed by atoms with E-state index in [0.29, 0.717) is 74.9 Å². The van der Waals surface area contributed by atoms with Crippen molar-refractivity contribution in [1.82, 2.24) is 14.7 Å².